The molecular weight excluding hydrogens is 326 g/mol. The van der Waals surface area contributed by atoms with E-state index in [1.165, 1.54) is 0 Å². The summed E-state index contributed by atoms with van der Waals surface area (Å²) in [6, 6.07) is 13.8. The molecule has 2 amide bonds. The molecule has 0 aliphatic carbocycles. The number of carbonyl (C=O) groups excluding carboxylic acids is 2. The molecule has 0 atom stereocenters. The zero-order chi connectivity index (χ0) is 17.5. The molecule has 2 rings (SSSR count). The molecule has 0 aromatic heterocycles. The van der Waals surface area contributed by atoms with Crippen molar-refractivity contribution in [2.45, 2.75) is 6.92 Å². The fourth-order valence-electron chi connectivity index (χ4n) is 1.90. The molecule has 24 heavy (non-hydrogen) atoms. The Morgan fingerprint density at radius 3 is 2.50 bits per heavy atom. The molecular formula is C17H17N3O3S. The highest BCUT2D eigenvalue weighted by molar-refractivity contribution is 7.80. The highest BCUT2D eigenvalue weighted by Gasteiger charge is 2.07. The summed E-state index contributed by atoms with van der Waals surface area (Å²) in [6.45, 7) is 1.79. The van der Waals surface area contributed by atoms with Crippen LogP contribution in [0.1, 0.15) is 15.9 Å². The Hall–Kier alpha value is -2.93. The molecule has 0 saturated carbocycles. The predicted molar refractivity (Wildman–Crippen MR) is 96.0 cm³/mol. The summed E-state index contributed by atoms with van der Waals surface area (Å²) in [5.41, 5.74) is 7.23. The molecule has 2 aromatic rings. The lowest BCUT2D eigenvalue weighted by atomic mass is 10.2. The number of nitrogens with one attached hydrogen (secondary N) is 2. The summed E-state index contributed by atoms with van der Waals surface area (Å²) >= 11 is 5.06. The number of thiocarbonyl (C=S) groups is 1. The van der Waals surface area contributed by atoms with E-state index in [2.05, 4.69) is 10.6 Å². The van der Waals surface area contributed by atoms with Crippen LogP contribution in [0.3, 0.4) is 0 Å². The highest BCUT2D eigenvalue weighted by Crippen LogP contribution is 2.12. The van der Waals surface area contributed by atoms with E-state index < -0.39 is 5.91 Å². The molecule has 0 radical (unpaired) electrons. The molecule has 6 nitrogen and oxygen atoms in total. The van der Waals surface area contributed by atoms with E-state index in [1.807, 2.05) is 25.1 Å². The normalized spacial score (nSPS) is 9.88. The third-order valence-corrected chi connectivity index (χ3v) is 3.24. The summed E-state index contributed by atoms with van der Waals surface area (Å²) in [5.74, 6) is -0.264. The molecule has 124 valence electrons. The van der Waals surface area contributed by atoms with Crippen LogP contribution in [0.4, 0.5) is 5.69 Å². The first kappa shape index (κ1) is 17.4. The van der Waals surface area contributed by atoms with Crippen LogP contribution in [-0.4, -0.2) is 23.5 Å². The molecule has 0 aliphatic heterocycles. The van der Waals surface area contributed by atoms with Crippen LogP contribution in [0.2, 0.25) is 0 Å². The lowest BCUT2D eigenvalue weighted by Gasteiger charge is -2.11. The lowest BCUT2D eigenvalue weighted by Crippen LogP contribution is -2.37. The molecule has 0 bridgehead atoms. The van der Waals surface area contributed by atoms with Crippen molar-refractivity contribution in [1.29, 1.82) is 0 Å². The van der Waals surface area contributed by atoms with Gasteiger partial charge in [0.2, 0.25) is 5.91 Å². The maximum absolute atomic E-state index is 11.8. The van der Waals surface area contributed by atoms with Crippen molar-refractivity contribution in [2.24, 2.45) is 5.73 Å². The average Bonchev–Trinajstić information content (AvgIpc) is 2.53. The molecule has 0 unspecified atom stereocenters. The summed E-state index contributed by atoms with van der Waals surface area (Å²) in [4.78, 5) is 22.8. The van der Waals surface area contributed by atoms with Crippen molar-refractivity contribution in [1.82, 2.24) is 5.32 Å². The molecule has 7 heteroatoms. The second-order valence-corrected chi connectivity index (χ2v) is 5.46. The van der Waals surface area contributed by atoms with Gasteiger partial charge in [-0.15, -0.1) is 0 Å². The topological polar surface area (TPSA) is 93.4 Å². The van der Waals surface area contributed by atoms with E-state index in [0.29, 0.717) is 17.0 Å². The molecule has 2 aromatic carbocycles. The van der Waals surface area contributed by atoms with Gasteiger partial charge in [-0.25, -0.2) is 0 Å². The number of carbonyl (C=O) groups is 2. The van der Waals surface area contributed by atoms with Crippen LogP contribution < -0.4 is 21.1 Å². The van der Waals surface area contributed by atoms with Gasteiger partial charge in [0.1, 0.15) is 5.75 Å². The third-order valence-electron chi connectivity index (χ3n) is 3.04. The van der Waals surface area contributed by atoms with Crippen LogP contribution in [0, 0.1) is 6.92 Å². The second-order valence-electron chi connectivity index (χ2n) is 5.05. The Kier molecular flexibility index (Phi) is 5.86. The molecule has 0 heterocycles. The minimum atomic E-state index is -0.509. The van der Waals surface area contributed by atoms with Gasteiger partial charge in [-0.1, -0.05) is 12.1 Å². The Balaban J connectivity index is 1.81. The van der Waals surface area contributed by atoms with Crippen molar-refractivity contribution >= 4 is 34.8 Å². The van der Waals surface area contributed by atoms with Crippen molar-refractivity contribution in [3.8, 4) is 5.75 Å². The van der Waals surface area contributed by atoms with E-state index in [1.54, 1.807) is 30.3 Å². The number of anilines is 1. The Morgan fingerprint density at radius 1 is 1.17 bits per heavy atom. The first-order valence-corrected chi connectivity index (χ1v) is 7.55. The van der Waals surface area contributed by atoms with Crippen molar-refractivity contribution < 1.29 is 14.3 Å². The summed E-state index contributed by atoms with van der Waals surface area (Å²) in [6.07, 6.45) is 0. The van der Waals surface area contributed by atoms with Crippen molar-refractivity contribution in [3.05, 3.63) is 59.7 Å². The zero-order valence-electron chi connectivity index (χ0n) is 13.0. The number of aryl methyl sites for hydroxylation is 1. The van der Waals surface area contributed by atoms with Crippen LogP contribution >= 0.6 is 12.2 Å². The number of hydrogen-bond donors (Lipinski definition) is 3. The van der Waals surface area contributed by atoms with Gasteiger partial charge < -0.3 is 15.8 Å². The maximum Gasteiger partial charge on any atom is 0.264 e. The number of benzene rings is 2. The van der Waals surface area contributed by atoms with Crippen LogP contribution in [0.15, 0.2) is 48.5 Å². The van der Waals surface area contributed by atoms with E-state index in [4.69, 9.17) is 22.7 Å². The quantitative estimate of drug-likeness (QED) is 0.722. The smallest absolute Gasteiger partial charge is 0.264 e. The molecule has 4 N–H and O–H groups in total. The second kappa shape index (κ2) is 8.07. The van der Waals surface area contributed by atoms with Gasteiger partial charge in [-0.3, -0.25) is 14.9 Å². The Morgan fingerprint density at radius 2 is 1.88 bits per heavy atom. The van der Waals surface area contributed by atoms with Crippen LogP contribution in [0.5, 0.6) is 5.75 Å². The summed E-state index contributed by atoms with van der Waals surface area (Å²) in [5, 5.41) is 5.49. The molecule has 0 aliphatic rings. The number of hydrogen-bond acceptors (Lipinski definition) is 4. The van der Waals surface area contributed by atoms with E-state index in [0.717, 1.165) is 5.56 Å². The van der Waals surface area contributed by atoms with E-state index in [-0.39, 0.29) is 17.6 Å². The standard InChI is InChI=1S/C17H17N3O3S/c1-11-3-2-4-14(9-11)23-10-15(21)20-17(24)19-13-7-5-12(6-8-13)16(18)22/h2-9H,10H2,1H3,(H2,18,22)(H2,19,20,21,24). The number of rotatable bonds is 5. The third kappa shape index (κ3) is 5.36. The zero-order valence-corrected chi connectivity index (χ0v) is 13.9. The number of primary amides is 1. The van der Waals surface area contributed by atoms with Gasteiger partial charge in [0.05, 0.1) is 0 Å². The first-order chi connectivity index (χ1) is 11.4. The SMILES string of the molecule is Cc1cccc(OCC(=O)NC(=S)Nc2ccc(C(N)=O)cc2)c1. The number of ether oxygens (including phenoxy) is 1. The highest BCUT2D eigenvalue weighted by atomic mass is 32.1. The lowest BCUT2D eigenvalue weighted by molar-refractivity contribution is -0.121. The molecule has 0 spiro atoms. The van der Waals surface area contributed by atoms with Gasteiger partial charge in [0.25, 0.3) is 5.91 Å². The van der Waals surface area contributed by atoms with E-state index in [9.17, 15) is 9.59 Å². The minimum absolute atomic E-state index is 0.139. The Bertz CT molecular complexity index is 760. The fraction of sp³-hybridized carbons (Fsp3) is 0.118. The largest absolute Gasteiger partial charge is 0.484 e. The monoisotopic (exact) mass is 343 g/mol. The fourth-order valence-corrected chi connectivity index (χ4v) is 2.13. The van der Waals surface area contributed by atoms with Gasteiger partial charge in [0.15, 0.2) is 11.7 Å². The van der Waals surface area contributed by atoms with Gasteiger partial charge >= 0.3 is 0 Å². The summed E-state index contributed by atoms with van der Waals surface area (Å²) < 4.78 is 5.39. The number of amides is 2. The summed E-state index contributed by atoms with van der Waals surface area (Å²) in [7, 11) is 0. The number of nitrogens with two attached hydrogens (primary N) is 1. The minimum Gasteiger partial charge on any atom is -0.484 e. The Labute approximate surface area is 145 Å². The van der Waals surface area contributed by atoms with Crippen LogP contribution in [0.25, 0.3) is 0 Å². The predicted octanol–water partition coefficient (Wildman–Crippen LogP) is 1.99. The molecule has 0 saturated heterocycles. The van der Waals surface area contributed by atoms with Gasteiger partial charge in [-0.2, -0.15) is 0 Å². The van der Waals surface area contributed by atoms with Crippen molar-refractivity contribution in [3.63, 3.8) is 0 Å². The van der Waals surface area contributed by atoms with Gasteiger partial charge in [0, 0.05) is 11.3 Å². The van der Waals surface area contributed by atoms with Crippen LogP contribution in [-0.2, 0) is 4.79 Å². The maximum atomic E-state index is 11.8. The molecule has 0 fully saturated rings. The average molecular weight is 343 g/mol. The van der Waals surface area contributed by atoms with Crippen molar-refractivity contribution in [2.75, 3.05) is 11.9 Å². The first-order valence-electron chi connectivity index (χ1n) is 7.14. The van der Waals surface area contributed by atoms with E-state index >= 15 is 0 Å². The van der Waals surface area contributed by atoms with Gasteiger partial charge in [-0.05, 0) is 61.1 Å².